The molecule has 8 rings (SSSR count). The van der Waals surface area contributed by atoms with Gasteiger partial charge in [0.1, 0.15) is 11.5 Å². The summed E-state index contributed by atoms with van der Waals surface area (Å²) in [7, 11) is 3.42. The molecule has 0 spiro atoms. The number of hydrogen-bond donors (Lipinski definition) is 0. The second-order valence-electron chi connectivity index (χ2n) is 11.8. The zero-order valence-corrected chi connectivity index (χ0v) is 26.4. The summed E-state index contributed by atoms with van der Waals surface area (Å²) in [5.74, 6) is 1.68. The average Bonchev–Trinajstić information content (AvgIpc) is 3.48. The first-order chi connectivity index (χ1) is 23.2. The van der Waals surface area contributed by atoms with Crippen LogP contribution in [0.2, 0.25) is 0 Å². The van der Waals surface area contributed by atoms with Crippen LogP contribution in [0.25, 0.3) is 72.0 Å². The SMILES string of the molecule is COc1cccc(-c2ccc3c4ccc(-c5cccc(OC)c5)cc4n(-c4cc(-c5ccccc5)cc(-c5ccccc5)c4)c3c2)c1. The first kappa shape index (κ1) is 28.4. The summed E-state index contributed by atoms with van der Waals surface area (Å²) in [6, 6.07) is 58.3. The standard InChI is InChI=1S/C44H33NO2/c1-46-39-17-9-15-32(26-39)34-19-21-41-42-22-20-35(33-16-10-18-40(27-33)47-2)29-44(42)45(43(41)28-34)38-24-36(30-11-5-3-6-12-30)23-37(25-38)31-13-7-4-8-14-31/h3-29H,1-2H3. The summed E-state index contributed by atoms with van der Waals surface area (Å²) < 4.78 is 13.6. The Balaban J connectivity index is 1.44. The van der Waals surface area contributed by atoms with Crippen LogP contribution in [0.4, 0.5) is 0 Å². The minimum atomic E-state index is 0.842. The average molecular weight is 608 g/mol. The molecule has 0 radical (unpaired) electrons. The van der Waals surface area contributed by atoms with Crippen molar-refractivity contribution in [2.45, 2.75) is 0 Å². The maximum Gasteiger partial charge on any atom is 0.119 e. The minimum absolute atomic E-state index is 0.842. The monoisotopic (exact) mass is 607 g/mol. The highest BCUT2D eigenvalue weighted by molar-refractivity contribution is 6.11. The normalized spacial score (nSPS) is 11.2. The summed E-state index contributed by atoms with van der Waals surface area (Å²) in [5, 5.41) is 2.41. The van der Waals surface area contributed by atoms with Crippen molar-refractivity contribution < 1.29 is 9.47 Å². The Morgan fingerprint density at radius 2 is 0.766 bits per heavy atom. The molecule has 0 aliphatic carbocycles. The summed E-state index contributed by atoms with van der Waals surface area (Å²) in [6.07, 6.45) is 0. The lowest BCUT2D eigenvalue weighted by molar-refractivity contribution is 0.415. The highest BCUT2D eigenvalue weighted by Gasteiger charge is 2.17. The lowest BCUT2D eigenvalue weighted by atomic mass is 9.98. The molecule has 1 aromatic heterocycles. The maximum absolute atomic E-state index is 5.57. The molecule has 0 saturated heterocycles. The zero-order valence-electron chi connectivity index (χ0n) is 26.4. The third-order valence-electron chi connectivity index (χ3n) is 8.96. The lowest BCUT2D eigenvalue weighted by Crippen LogP contribution is -1.96. The van der Waals surface area contributed by atoms with Crippen LogP contribution in [-0.4, -0.2) is 18.8 Å². The van der Waals surface area contributed by atoms with Gasteiger partial charge in [-0.25, -0.2) is 0 Å². The smallest absolute Gasteiger partial charge is 0.119 e. The molecule has 7 aromatic carbocycles. The van der Waals surface area contributed by atoms with Gasteiger partial charge < -0.3 is 14.0 Å². The number of ether oxygens (including phenoxy) is 2. The van der Waals surface area contributed by atoms with Gasteiger partial charge in [0.05, 0.1) is 25.3 Å². The Morgan fingerprint density at radius 3 is 1.21 bits per heavy atom. The van der Waals surface area contributed by atoms with E-state index in [1.54, 1.807) is 14.2 Å². The number of nitrogens with zero attached hydrogens (tertiary/aromatic N) is 1. The molecule has 47 heavy (non-hydrogen) atoms. The van der Waals surface area contributed by atoms with Gasteiger partial charge in [-0.1, -0.05) is 109 Å². The van der Waals surface area contributed by atoms with Gasteiger partial charge in [0, 0.05) is 16.5 Å². The van der Waals surface area contributed by atoms with Crippen LogP contribution < -0.4 is 9.47 Å². The van der Waals surface area contributed by atoms with Gasteiger partial charge in [0.25, 0.3) is 0 Å². The van der Waals surface area contributed by atoms with Crippen molar-refractivity contribution in [2.75, 3.05) is 14.2 Å². The van der Waals surface area contributed by atoms with E-state index in [2.05, 4.69) is 144 Å². The fraction of sp³-hybridized carbons (Fsp3) is 0.0455. The summed E-state index contributed by atoms with van der Waals surface area (Å²) in [6.45, 7) is 0. The highest BCUT2D eigenvalue weighted by Crippen LogP contribution is 2.39. The molecule has 0 bridgehead atoms. The third kappa shape index (κ3) is 5.32. The van der Waals surface area contributed by atoms with Crippen LogP contribution in [0.15, 0.2) is 164 Å². The van der Waals surface area contributed by atoms with E-state index in [0.717, 1.165) is 50.5 Å². The Labute approximate surface area is 274 Å². The first-order valence-electron chi connectivity index (χ1n) is 15.8. The van der Waals surface area contributed by atoms with E-state index < -0.39 is 0 Å². The maximum atomic E-state index is 5.57. The summed E-state index contributed by atoms with van der Waals surface area (Å²) >= 11 is 0. The van der Waals surface area contributed by atoms with E-state index >= 15 is 0 Å². The molecular formula is C44H33NO2. The molecule has 0 aliphatic heterocycles. The molecule has 226 valence electrons. The van der Waals surface area contributed by atoms with E-state index in [0.29, 0.717) is 0 Å². The van der Waals surface area contributed by atoms with E-state index in [1.165, 1.54) is 33.0 Å². The van der Waals surface area contributed by atoms with E-state index in [4.69, 9.17) is 9.47 Å². The second-order valence-corrected chi connectivity index (χ2v) is 11.8. The number of benzene rings is 7. The molecule has 8 aromatic rings. The predicted octanol–water partition coefficient (Wildman–Crippen LogP) is 11.5. The molecule has 0 saturated carbocycles. The third-order valence-corrected chi connectivity index (χ3v) is 8.96. The molecule has 0 amide bonds. The molecule has 0 N–H and O–H groups in total. The van der Waals surface area contributed by atoms with E-state index in [-0.39, 0.29) is 0 Å². The number of rotatable bonds is 7. The lowest BCUT2D eigenvalue weighted by Gasteiger charge is -2.15. The van der Waals surface area contributed by atoms with Gasteiger partial charge in [0.2, 0.25) is 0 Å². The van der Waals surface area contributed by atoms with E-state index in [9.17, 15) is 0 Å². The van der Waals surface area contributed by atoms with Crippen LogP contribution in [0, 0.1) is 0 Å². The van der Waals surface area contributed by atoms with Crippen molar-refractivity contribution in [3.05, 3.63) is 164 Å². The molecular weight excluding hydrogens is 574 g/mol. The van der Waals surface area contributed by atoms with Gasteiger partial charge in [-0.05, 0) is 99.1 Å². The van der Waals surface area contributed by atoms with Crippen LogP contribution >= 0.6 is 0 Å². The van der Waals surface area contributed by atoms with Gasteiger partial charge in [-0.2, -0.15) is 0 Å². The van der Waals surface area contributed by atoms with Crippen molar-refractivity contribution >= 4 is 21.8 Å². The van der Waals surface area contributed by atoms with Crippen molar-refractivity contribution in [1.29, 1.82) is 0 Å². The fourth-order valence-electron chi connectivity index (χ4n) is 6.60. The molecule has 0 fully saturated rings. The van der Waals surface area contributed by atoms with Crippen molar-refractivity contribution in [3.63, 3.8) is 0 Å². The fourth-order valence-corrected chi connectivity index (χ4v) is 6.60. The van der Waals surface area contributed by atoms with Crippen molar-refractivity contribution in [2.24, 2.45) is 0 Å². The molecule has 0 atom stereocenters. The molecule has 0 aliphatic rings. The Bertz CT molecular complexity index is 2210. The quantitative estimate of drug-likeness (QED) is 0.180. The first-order valence-corrected chi connectivity index (χ1v) is 15.8. The molecule has 3 nitrogen and oxygen atoms in total. The topological polar surface area (TPSA) is 23.4 Å². The molecule has 0 unspecified atom stereocenters. The zero-order chi connectivity index (χ0) is 31.7. The van der Waals surface area contributed by atoms with Gasteiger partial charge >= 0.3 is 0 Å². The second kappa shape index (κ2) is 12.0. The van der Waals surface area contributed by atoms with Gasteiger partial charge in [-0.3, -0.25) is 0 Å². The van der Waals surface area contributed by atoms with E-state index in [1.807, 2.05) is 24.3 Å². The van der Waals surface area contributed by atoms with Crippen LogP contribution in [0.1, 0.15) is 0 Å². The van der Waals surface area contributed by atoms with Crippen molar-refractivity contribution in [3.8, 4) is 61.7 Å². The number of hydrogen-bond acceptors (Lipinski definition) is 2. The van der Waals surface area contributed by atoms with Crippen LogP contribution in [0.5, 0.6) is 11.5 Å². The summed E-state index contributed by atoms with van der Waals surface area (Å²) in [5.41, 5.74) is 12.6. The Kier molecular flexibility index (Phi) is 7.28. The van der Waals surface area contributed by atoms with Crippen LogP contribution in [-0.2, 0) is 0 Å². The largest absolute Gasteiger partial charge is 0.497 e. The molecule has 1 heterocycles. The van der Waals surface area contributed by atoms with Gasteiger partial charge in [0.15, 0.2) is 0 Å². The molecule has 3 heteroatoms. The highest BCUT2D eigenvalue weighted by atomic mass is 16.5. The Hall–Kier alpha value is -6.06. The van der Waals surface area contributed by atoms with Gasteiger partial charge in [-0.15, -0.1) is 0 Å². The van der Waals surface area contributed by atoms with Crippen molar-refractivity contribution in [1.82, 2.24) is 4.57 Å². The number of aromatic nitrogens is 1. The Morgan fingerprint density at radius 1 is 0.340 bits per heavy atom. The summed E-state index contributed by atoms with van der Waals surface area (Å²) in [4.78, 5) is 0. The minimum Gasteiger partial charge on any atom is -0.497 e. The number of fused-ring (bicyclic) bond motifs is 3. The van der Waals surface area contributed by atoms with Crippen LogP contribution in [0.3, 0.4) is 0 Å². The predicted molar refractivity (Wildman–Crippen MR) is 196 cm³/mol. The number of methoxy groups -OCH3 is 2.